The maximum atomic E-state index is 11.6. The number of carbonyl (C=O) groups excluding carboxylic acids is 1. The quantitative estimate of drug-likeness (QED) is 0.512. The van der Waals surface area contributed by atoms with Gasteiger partial charge < -0.3 is 4.90 Å². The maximum Gasteiger partial charge on any atom is 0.235 e. The van der Waals surface area contributed by atoms with E-state index in [2.05, 4.69) is 25.8 Å². The molecule has 0 radical (unpaired) electrons. The number of amides is 1. The largest absolute Gasteiger partial charge is 0.334 e. The smallest absolute Gasteiger partial charge is 0.235 e. The molecule has 0 fully saturated rings. The Morgan fingerprint density at radius 3 is 2.23 bits per heavy atom. The Balaban J connectivity index is 4.25. The third-order valence-electron chi connectivity index (χ3n) is 1.68. The molecule has 0 aliphatic carbocycles. The van der Waals surface area contributed by atoms with E-state index in [0.717, 1.165) is 6.42 Å². The Bertz CT molecular complexity index is 181. The van der Waals surface area contributed by atoms with E-state index in [4.69, 9.17) is 0 Å². The molecule has 0 aromatic heterocycles. The fourth-order valence-corrected chi connectivity index (χ4v) is 1.11. The number of nitrogens with zero attached hydrogens (tertiary/aromatic N) is 1. The summed E-state index contributed by atoms with van der Waals surface area (Å²) in [5.74, 6) is 0.0469. The maximum absolute atomic E-state index is 11.6. The van der Waals surface area contributed by atoms with Gasteiger partial charge in [0.2, 0.25) is 5.91 Å². The summed E-state index contributed by atoms with van der Waals surface area (Å²) in [6.45, 7) is 10.2. The highest BCUT2D eigenvalue weighted by Gasteiger charge is 2.17. The Kier molecular flexibility index (Phi) is 6.41. The van der Waals surface area contributed by atoms with E-state index in [1.54, 1.807) is 17.1 Å². The monoisotopic (exact) mass is 199 g/mol. The lowest BCUT2D eigenvalue weighted by molar-refractivity contribution is -0.129. The molecule has 0 aromatic carbocycles. The summed E-state index contributed by atoms with van der Waals surface area (Å²) in [4.78, 5) is 13.3. The van der Waals surface area contributed by atoms with E-state index in [0.29, 0.717) is 13.1 Å². The van der Waals surface area contributed by atoms with Gasteiger partial charge in [-0.05, 0) is 6.42 Å². The molecule has 13 heavy (non-hydrogen) atoms. The van der Waals surface area contributed by atoms with Crippen molar-refractivity contribution >= 4 is 18.5 Å². The van der Waals surface area contributed by atoms with Crippen LogP contribution in [0.3, 0.4) is 0 Å². The van der Waals surface area contributed by atoms with Gasteiger partial charge >= 0.3 is 0 Å². The molecule has 0 heterocycles. The zero-order valence-corrected chi connectivity index (χ0v) is 8.96. The Morgan fingerprint density at radius 1 is 1.46 bits per heavy atom. The summed E-state index contributed by atoms with van der Waals surface area (Å²) < 4.78 is 0. The Morgan fingerprint density at radius 2 is 1.92 bits per heavy atom. The first-order valence-corrected chi connectivity index (χ1v) is 4.87. The van der Waals surface area contributed by atoms with E-state index < -0.39 is 0 Å². The third-order valence-corrected chi connectivity index (χ3v) is 2.27. The van der Waals surface area contributed by atoms with Gasteiger partial charge in [-0.3, -0.25) is 4.79 Å². The molecule has 0 N–H and O–H groups in total. The highest BCUT2D eigenvalue weighted by atomic mass is 32.1. The predicted molar refractivity (Wildman–Crippen MR) is 60.0 cm³/mol. The van der Waals surface area contributed by atoms with Crippen molar-refractivity contribution in [1.29, 1.82) is 0 Å². The number of hydrogen-bond donors (Lipinski definition) is 1. The minimum absolute atomic E-state index is 0.0469. The van der Waals surface area contributed by atoms with Gasteiger partial charge in [-0.25, -0.2) is 0 Å². The van der Waals surface area contributed by atoms with Crippen LogP contribution >= 0.6 is 12.6 Å². The van der Waals surface area contributed by atoms with E-state index in [-0.39, 0.29) is 11.2 Å². The molecular weight excluding hydrogens is 182 g/mol. The van der Waals surface area contributed by atoms with Crippen molar-refractivity contribution in [2.24, 2.45) is 0 Å². The first-order valence-electron chi connectivity index (χ1n) is 4.36. The third kappa shape index (κ3) is 4.18. The molecule has 1 amide bonds. The number of carbonyl (C=O) groups is 1. The molecule has 0 rings (SSSR count). The van der Waals surface area contributed by atoms with Crippen LogP contribution in [0.5, 0.6) is 0 Å². The summed E-state index contributed by atoms with van der Waals surface area (Å²) in [7, 11) is 0. The standard InChI is InChI=1S/C10H17NOS/c1-4-7-11(8-5-2)10(12)9(13)6-3/h4-5,9,13H,1-2,6-8H2,3H3. The first-order chi connectivity index (χ1) is 6.17. The minimum Gasteiger partial charge on any atom is -0.334 e. The average Bonchev–Trinajstić information content (AvgIpc) is 2.15. The SMILES string of the molecule is C=CCN(CC=C)C(=O)C(S)CC. The second-order valence-electron chi connectivity index (χ2n) is 2.74. The Hall–Kier alpha value is -0.700. The van der Waals surface area contributed by atoms with E-state index in [1.165, 1.54) is 0 Å². The van der Waals surface area contributed by atoms with Crippen LogP contribution in [-0.2, 0) is 4.79 Å². The molecule has 3 heteroatoms. The lowest BCUT2D eigenvalue weighted by Crippen LogP contribution is -2.36. The molecule has 0 saturated carbocycles. The fourth-order valence-electron chi connectivity index (χ4n) is 0.952. The van der Waals surface area contributed by atoms with Gasteiger partial charge in [0.15, 0.2) is 0 Å². The van der Waals surface area contributed by atoms with Crippen LogP contribution in [0.25, 0.3) is 0 Å². The molecule has 1 atom stereocenters. The van der Waals surface area contributed by atoms with Crippen LogP contribution in [0, 0.1) is 0 Å². The summed E-state index contributed by atoms with van der Waals surface area (Å²) in [6.07, 6.45) is 4.15. The fraction of sp³-hybridized carbons (Fsp3) is 0.500. The highest BCUT2D eigenvalue weighted by Crippen LogP contribution is 2.06. The van der Waals surface area contributed by atoms with Crippen LogP contribution < -0.4 is 0 Å². The second kappa shape index (κ2) is 6.78. The van der Waals surface area contributed by atoms with Crippen molar-refractivity contribution in [2.45, 2.75) is 18.6 Å². The molecule has 74 valence electrons. The summed E-state index contributed by atoms with van der Waals surface area (Å²) in [6, 6.07) is 0. The van der Waals surface area contributed by atoms with Gasteiger partial charge in [0, 0.05) is 13.1 Å². The molecule has 0 aliphatic rings. The zero-order valence-electron chi connectivity index (χ0n) is 8.07. The van der Waals surface area contributed by atoms with Crippen molar-refractivity contribution in [3.63, 3.8) is 0 Å². The molecule has 2 nitrogen and oxygen atoms in total. The minimum atomic E-state index is -0.208. The Labute approximate surface area is 85.7 Å². The molecular formula is C10H17NOS. The van der Waals surface area contributed by atoms with Crippen molar-refractivity contribution in [1.82, 2.24) is 4.90 Å². The van der Waals surface area contributed by atoms with Crippen molar-refractivity contribution in [3.05, 3.63) is 25.3 Å². The molecule has 0 bridgehead atoms. The van der Waals surface area contributed by atoms with Gasteiger partial charge in [-0.1, -0.05) is 19.1 Å². The van der Waals surface area contributed by atoms with E-state index in [9.17, 15) is 4.79 Å². The van der Waals surface area contributed by atoms with Crippen molar-refractivity contribution < 1.29 is 4.79 Å². The summed E-state index contributed by atoms with van der Waals surface area (Å²) in [5.41, 5.74) is 0. The lowest BCUT2D eigenvalue weighted by Gasteiger charge is -2.21. The predicted octanol–water partition coefficient (Wildman–Crippen LogP) is 1.90. The van der Waals surface area contributed by atoms with Crippen LogP contribution in [0.4, 0.5) is 0 Å². The average molecular weight is 199 g/mol. The number of thiol groups is 1. The lowest BCUT2D eigenvalue weighted by atomic mass is 10.3. The van der Waals surface area contributed by atoms with Gasteiger partial charge in [-0.15, -0.1) is 13.2 Å². The molecule has 0 aromatic rings. The van der Waals surface area contributed by atoms with E-state index in [1.807, 2.05) is 6.92 Å². The van der Waals surface area contributed by atoms with Gasteiger partial charge in [0.25, 0.3) is 0 Å². The van der Waals surface area contributed by atoms with Crippen molar-refractivity contribution in [3.8, 4) is 0 Å². The summed E-state index contributed by atoms with van der Waals surface area (Å²) in [5, 5.41) is -0.208. The first kappa shape index (κ1) is 12.3. The van der Waals surface area contributed by atoms with Crippen molar-refractivity contribution in [2.75, 3.05) is 13.1 Å². The van der Waals surface area contributed by atoms with Gasteiger partial charge in [-0.2, -0.15) is 12.6 Å². The van der Waals surface area contributed by atoms with Crippen LogP contribution in [0.2, 0.25) is 0 Å². The van der Waals surface area contributed by atoms with Crippen LogP contribution in [0.1, 0.15) is 13.3 Å². The summed E-state index contributed by atoms with van der Waals surface area (Å²) >= 11 is 4.19. The van der Waals surface area contributed by atoms with Gasteiger partial charge in [0.05, 0.1) is 5.25 Å². The second-order valence-corrected chi connectivity index (χ2v) is 3.37. The van der Waals surface area contributed by atoms with Crippen LogP contribution in [-0.4, -0.2) is 29.1 Å². The van der Waals surface area contributed by atoms with Crippen LogP contribution in [0.15, 0.2) is 25.3 Å². The van der Waals surface area contributed by atoms with Gasteiger partial charge in [0.1, 0.15) is 0 Å². The highest BCUT2D eigenvalue weighted by molar-refractivity contribution is 7.81. The zero-order chi connectivity index (χ0) is 10.3. The molecule has 0 saturated heterocycles. The topological polar surface area (TPSA) is 20.3 Å². The molecule has 1 unspecified atom stereocenters. The number of rotatable bonds is 6. The number of hydrogen-bond acceptors (Lipinski definition) is 2. The normalized spacial score (nSPS) is 11.8. The molecule has 0 spiro atoms. The van der Waals surface area contributed by atoms with E-state index >= 15 is 0 Å². The molecule has 0 aliphatic heterocycles.